The Hall–Kier alpha value is -1.32. The molecule has 3 heteroatoms. The molecule has 0 radical (unpaired) electrons. The van der Waals surface area contributed by atoms with Crippen LogP contribution in [-0.4, -0.2) is 11.9 Å². The lowest BCUT2D eigenvalue weighted by Crippen LogP contribution is -2.25. The Morgan fingerprint density at radius 2 is 1.75 bits per heavy atom. The summed E-state index contributed by atoms with van der Waals surface area (Å²) in [5.74, 6) is 0. The van der Waals surface area contributed by atoms with Gasteiger partial charge in [0, 0.05) is 14.8 Å². The van der Waals surface area contributed by atoms with E-state index in [0.29, 0.717) is 0 Å². The minimum Gasteiger partial charge on any atom is -0.446 e. The van der Waals surface area contributed by atoms with E-state index >= 15 is 0 Å². The first-order valence-corrected chi connectivity index (χ1v) is 6.17. The molecule has 0 unspecified atom stereocenters. The Balaban J connectivity index is 2.49. The Kier molecular flexibility index (Phi) is 2.23. The molecule has 0 aliphatic heterocycles. The first-order valence-electron chi connectivity index (χ1n) is 5.35. The van der Waals surface area contributed by atoms with Gasteiger partial charge in [0.15, 0.2) is 0 Å². The maximum absolute atomic E-state index is 9.75. The highest BCUT2D eigenvalue weighted by Crippen LogP contribution is 2.32. The fourth-order valence-corrected chi connectivity index (χ4v) is 3.40. The van der Waals surface area contributed by atoms with E-state index in [2.05, 4.69) is 30.3 Å². The summed E-state index contributed by atoms with van der Waals surface area (Å²) in [5.41, 5.74) is 1.03. The van der Waals surface area contributed by atoms with Crippen molar-refractivity contribution in [2.45, 2.75) is 6.82 Å². The minimum absolute atomic E-state index is 0.406. The van der Waals surface area contributed by atoms with Crippen LogP contribution in [0.3, 0.4) is 0 Å². The van der Waals surface area contributed by atoms with Gasteiger partial charge in [-0.25, -0.2) is 0 Å². The zero-order valence-corrected chi connectivity index (χ0v) is 9.79. The molecule has 0 saturated carbocycles. The normalized spacial score (nSPS) is 11.1. The summed E-state index contributed by atoms with van der Waals surface area (Å²) < 4.78 is 2.49. The van der Waals surface area contributed by atoms with Crippen molar-refractivity contribution in [3.05, 3.63) is 42.5 Å². The lowest BCUT2D eigenvalue weighted by molar-refractivity contribution is 0.594. The zero-order valence-electron chi connectivity index (χ0n) is 8.97. The number of thiophene rings is 1. The zero-order chi connectivity index (χ0) is 11.1. The lowest BCUT2D eigenvalue weighted by Gasteiger charge is -2.01. The molecule has 78 valence electrons. The molecular formula is C13H11BOS. The van der Waals surface area contributed by atoms with E-state index in [4.69, 9.17) is 0 Å². The van der Waals surface area contributed by atoms with Gasteiger partial charge in [-0.1, -0.05) is 43.2 Å². The van der Waals surface area contributed by atoms with Crippen molar-refractivity contribution < 1.29 is 5.02 Å². The number of rotatable bonds is 1. The average Bonchev–Trinajstić information content (AvgIpc) is 2.67. The molecule has 0 bridgehead atoms. The van der Waals surface area contributed by atoms with Crippen LogP contribution in [0, 0.1) is 0 Å². The highest BCUT2D eigenvalue weighted by molar-refractivity contribution is 7.27. The third-order valence-electron chi connectivity index (χ3n) is 2.88. The van der Waals surface area contributed by atoms with Crippen LogP contribution in [0.25, 0.3) is 20.2 Å². The van der Waals surface area contributed by atoms with E-state index in [1.54, 1.807) is 11.3 Å². The fraction of sp³-hybridized carbons (Fsp3) is 0.0769. The molecule has 0 fully saturated rings. The van der Waals surface area contributed by atoms with Crippen molar-refractivity contribution in [1.82, 2.24) is 0 Å². The van der Waals surface area contributed by atoms with E-state index in [9.17, 15) is 5.02 Å². The maximum atomic E-state index is 9.75. The van der Waals surface area contributed by atoms with Crippen LogP contribution in [0.2, 0.25) is 6.82 Å². The molecule has 0 aliphatic carbocycles. The van der Waals surface area contributed by atoms with Gasteiger partial charge in [0.25, 0.3) is 0 Å². The second kappa shape index (κ2) is 3.61. The van der Waals surface area contributed by atoms with Crippen molar-refractivity contribution in [2.24, 2.45) is 0 Å². The van der Waals surface area contributed by atoms with Gasteiger partial charge in [-0.05, 0) is 16.9 Å². The van der Waals surface area contributed by atoms with E-state index in [1.807, 2.05) is 19.0 Å². The fourth-order valence-electron chi connectivity index (χ4n) is 2.10. The van der Waals surface area contributed by atoms with Gasteiger partial charge in [-0.3, -0.25) is 0 Å². The molecule has 1 heterocycles. The summed E-state index contributed by atoms with van der Waals surface area (Å²) in [6.45, 7) is 1.41. The predicted molar refractivity (Wildman–Crippen MR) is 72.8 cm³/mol. The summed E-state index contributed by atoms with van der Waals surface area (Å²) in [5, 5.41) is 12.3. The molecular weight excluding hydrogens is 215 g/mol. The maximum Gasteiger partial charge on any atom is 0.321 e. The number of hydrogen-bond acceptors (Lipinski definition) is 2. The number of hydrogen-bond donors (Lipinski definition) is 1. The smallest absolute Gasteiger partial charge is 0.321 e. The molecule has 2 aromatic carbocycles. The van der Waals surface area contributed by atoms with Gasteiger partial charge in [-0.2, -0.15) is 0 Å². The second-order valence-corrected chi connectivity index (χ2v) is 5.05. The molecule has 0 saturated heterocycles. The molecule has 0 atom stereocenters. The Morgan fingerprint density at radius 3 is 2.56 bits per heavy atom. The molecule has 0 amide bonds. The summed E-state index contributed by atoms with van der Waals surface area (Å²) in [4.78, 5) is 0. The van der Waals surface area contributed by atoms with Crippen molar-refractivity contribution >= 4 is 43.9 Å². The van der Waals surface area contributed by atoms with Crippen LogP contribution < -0.4 is 5.46 Å². The van der Waals surface area contributed by atoms with Gasteiger partial charge in [-0.15, -0.1) is 11.3 Å². The van der Waals surface area contributed by atoms with Crippen molar-refractivity contribution in [2.75, 3.05) is 0 Å². The van der Waals surface area contributed by atoms with Crippen LogP contribution in [0.15, 0.2) is 42.5 Å². The quantitative estimate of drug-likeness (QED) is 0.632. The summed E-state index contributed by atoms with van der Waals surface area (Å²) >= 11 is 1.76. The Morgan fingerprint density at radius 1 is 1.00 bits per heavy atom. The lowest BCUT2D eigenvalue weighted by atomic mass is 9.64. The van der Waals surface area contributed by atoms with E-state index in [1.165, 1.54) is 20.2 Å². The van der Waals surface area contributed by atoms with E-state index < -0.39 is 6.92 Å². The van der Waals surface area contributed by atoms with Gasteiger partial charge in [0.05, 0.1) is 0 Å². The van der Waals surface area contributed by atoms with Crippen LogP contribution in [0.5, 0.6) is 0 Å². The predicted octanol–water partition coefficient (Wildman–Crippen LogP) is 2.88. The van der Waals surface area contributed by atoms with Crippen molar-refractivity contribution in [3.8, 4) is 0 Å². The molecule has 1 aromatic heterocycles. The third-order valence-corrected chi connectivity index (χ3v) is 4.12. The molecule has 0 aliphatic rings. The Bertz CT molecular complexity index is 657. The van der Waals surface area contributed by atoms with Crippen molar-refractivity contribution in [1.29, 1.82) is 0 Å². The summed E-state index contributed by atoms with van der Waals surface area (Å²) in [7, 11) is 0. The Labute approximate surface area is 98.5 Å². The van der Waals surface area contributed by atoms with Crippen LogP contribution in [-0.2, 0) is 0 Å². The van der Waals surface area contributed by atoms with Crippen LogP contribution in [0.1, 0.15) is 0 Å². The first kappa shape index (κ1) is 9.88. The topological polar surface area (TPSA) is 20.2 Å². The molecule has 1 N–H and O–H groups in total. The minimum atomic E-state index is -0.406. The van der Waals surface area contributed by atoms with Crippen LogP contribution >= 0.6 is 11.3 Å². The summed E-state index contributed by atoms with van der Waals surface area (Å²) in [6.07, 6.45) is 0. The first-order chi connectivity index (χ1) is 7.77. The largest absolute Gasteiger partial charge is 0.446 e. The molecule has 0 spiro atoms. The molecule has 3 aromatic rings. The van der Waals surface area contributed by atoms with Crippen LogP contribution in [0.4, 0.5) is 0 Å². The van der Waals surface area contributed by atoms with Crippen molar-refractivity contribution in [3.63, 3.8) is 0 Å². The van der Waals surface area contributed by atoms with Gasteiger partial charge in [0.2, 0.25) is 0 Å². The number of fused-ring (bicyclic) bond motifs is 3. The highest BCUT2D eigenvalue weighted by atomic mass is 32.1. The van der Waals surface area contributed by atoms with E-state index in [-0.39, 0.29) is 0 Å². The van der Waals surface area contributed by atoms with Gasteiger partial charge < -0.3 is 5.02 Å². The monoisotopic (exact) mass is 226 g/mol. The third kappa shape index (κ3) is 1.36. The molecule has 16 heavy (non-hydrogen) atoms. The average molecular weight is 226 g/mol. The highest BCUT2D eigenvalue weighted by Gasteiger charge is 2.13. The van der Waals surface area contributed by atoms with Gasteiger partial charge >= 0.3 is 6.92 Å². The standard InChI is InChI=1S/C13H11BOS/c1-14(15)11-7-4-6-10-9-5-2-3-8-12(9)16-13(10)11/h2-8,15H,1H3. The van der Waals surface area contributed by atoms with E-state index in [0.717, 1.165) is 5.46 Å². The molecule has 3 rings (SSSR count). The SMILES string of the molecule is CB(O)c1cccc2c1sc1ccccc12. The number of benzene rings is 2. The van der Waals surface area contributed by atoms with Gasteiger partial charge in [0.1, 0.15) is 0 Å². The second-order valence-electron chi connectivity index (χ2n) is 4.00. The molecule has 1 nitrogen and oxygen atoms in total. The summed E-state index contributed by atoms with van der Waals surface area (Å²) in [6, 6.07) is 14.5.